The third-order valence-electron chi connectivity index (χ3n) is 7.42. The van der Waals surface area contributed by atoms with Gasteiger partial charge in [-0.2, -0.15) is 0 Å². The number of rotatable bonds is 26. The molecule has 0 aliphatic carbocycles. The molecule has 0 aromatic rings. The smallest absolute Gasteiger partial charge is 0.245 e. The molecule has 53 heavy (non-hydrogen) atoms. The zero-order valence-corrected chi connectivity index (χ0v) is 30.1. The Kier molecular flexibility index (Phi) is 23.5. The van der Waals surface area contributed by atoms with Crippen molar-refractivity contribution >= 4 is 53.6 Å². The summed E-state index contributed by atoms with van der Waals surface area (Å²) >= 11 is 0. The van der Waals surface area contributed by atoms with Gasteiger partial charge in [-0.05, 0) is 59.4 Å². The number of hydrogen-bond acceptors (Lipinski definition) is 14. The van der Waals surface area contributed by atoms with E-state index >= 15 is 0 Å². The highest BCUT2D eigenvalue weighted by atomic mass is 16.3. The predicted molar refractivity (Wildman–Crippen MR) is 189 cm³/mol. The van der Waals surface area contributed by atoms with E-state index in [1.807, 2.05) is 0 Å². The Morgan fingerprint density at radius 2 is 1.25 bits per heavy atom. The first-order valence-electron chi connectivity index (χ1n) is 16.9. The van der Waals surface area contributed by atoms with Gasteiger partial charge in [0.1, 0.15) is 42.5 Å². The topological polar surface area (TPSA) is 398 Å². The van der Waals surface area contributed by atoms with Crippen LogP contribution < -0.4 is 60.2 Å². The summed E-state index contributed by atoms with van der Waals surface area (Å²) < 4.78 is 0. The predicted octanol–water partition coefficient (Wildman–Crippen LogP) is -7.87. The van der Waals surface area contributed by atoms with Gasteiger partial charge >= 0.3 is 0 Å². The molecule has 7 amide bonds. The third-order valence-corrected chi connectivity index (χ3v) is 7.42. The number of nitrogens with zero attached hydrogens (tertiary/aromatic N) is 1. The van der Waals surface area contributed by atoms with Crippen molar-refractivity contribution in [3.8, 4) is 0 Å². The third kappa shape index (κ3) is 19.4. The van der Waals surface area contributed by atoms with Crippen LogP contribution in [-0.2, 0) is 38.4 Å². The standard InChI is InChI=1S/C30H56N12O11/c1-15(38-28(52)22(32)16(2)45)24(48)39-19(8-6-10-36-30(33)34)25(49)40-18(7-4-5-9-31)26(50)41-20(14-44)27(51)42-23(17(3)46)29(53)37-13-21(47)35-11-12-43/h12,15-20,22-23,44-46H,4-11,13-14,31-32H2,1-3H3,(H,35,47)(H,37,53)(H,38,52)(H,39,48)(H,40,49)(H,41,50)(H,42,51)(H4,33,34,36)/t15-,16+,17+,18-,19-,20-,22-,23-/m0/s1. The molecular weight excluding hydrogens is 704 g/mol. The molecule has 23 nitrogen and oxygen atoms in total. The molecule has 0 aromatic heterocycles. The second-order valence-electron chi connectivity index (χ2n) is 12.0. The summed E-state index contributed by atoms with van der Waals surface area (Å²) in [6.45, 7) is 2.23. The maximum absolute atomic E-state index is 13.5. The van der Waals surface area contributed by atoms with E-state index in [0.717, 1.165) is 6.92 Å². The van der Waals surface area contributed by atoms with E-state index in [-0.39, 0.29) is 44.9 Å². The van der Waals surface area contributed by atoms with Gasteiger partial charge in [0, 0.05) is 6.54 Å². The van der Waals surface area contributed by atoms with Gasteiger partial charge < -0.3 is 80.3 Å². The maximum Gasteiger partial charge on any atom is 0.245 e. The van der Waals surface area contributed by atoms with Crippen LogP contribution in [-0.4, -0.2) is 150 Å². The minimum absolute atomic E-state index is 0.00221. The van der Waals surface area contributed by atoms with Crippen LogP contribution in [0.4, 0.5) is 0 Å². The molecule has 18 N–H and O–H groups in total. The number of aliphatic hydroxyl groups is 3. The van der Waals surface area contributed by atoms with E-state index in [1.165, 1.54) is 13.8 Å². The number of aldehydes is 1. The molecule has 0 heterocycles. The fourth-order valence-corrected chi connectivity index (χ4v) is 4.32. The lowest BCUT2D eigenvalue weighted by molar-refractivity contribution is -0.136. The first kappa shape index (κ1) is 48.0. The highest BCUT2D eigenvalue weighted by molar-refractivity contribution is 5.97. The van der Waals surface area contributed by atoms with Crippen molar-refractivity contribution in [3.63, 3.8) is 0 Å². The molecule has 0 bridgehead atoms. The van der Waals surface area contributed by atoms with E-state index < -0.39 is 103 Å². The minimum Gasteiger partial charge on any atom is -0.394 e. The average molecular weight is 761 g/mol. The van der Waals surface area contributed by atoms with Gasteiger partial charge in [-0.15, -0.1) is 0 Å². The van der Waals surface area contributed by atoms with Gasteiger partial charge in [-0.3, -0.25) is 38.6 Å². The summed E-state index contributed by atoms with van der Waals surface area (Å²) in [5.41, 5.74) is 21.9. The normalized spacial score (nSPS) is 15.3. The van der Waals surface area contributed by atoms with Gasteiger partial charge in [-0.1, -0.05) is 0 Å². The van der Waals surface area contributed by atoms with E-state index in [0.29, 0.717) is 19.1 Å². The van der Waals surface area contributed by atoms with Crippen LogP contribution in [0, 0.1) is 0 Å². The van der Waals surface area contributed by atoms with Gasteiger partial charge in [0.05, 0.1) is 31.9 Å². The van der Waals surface area contributed by atoms with Crippen molar-refractivity contribution in [2.75, 3.05) is 32.8 Å². The number of carbonyl (C=O) groups is 8. The Morgan fingerprint density at radius 3 is 1.75 bits per heavy atom. The Hall–Kier alpha value is -4.97. The lowest BCUT2D eigenvalue weighted by Gasteiger charge is -2.27. The largest absolute Gasteiger partial charge is 0.394 e. The molecule has 0 aliphatic heterocycles. The Balaban J connectivity index is 5.97. The van der Waals surface area contributed by atoms with E-state index in [2.05, 4.69) is 42.2 Å². The molecular formula is C30H56N12O11. The fourth-order valence-electron chi connectivity index (χ4n) is 4.32. The summed E-state index contributed by atoms with van der Waals surface area (Å²) in [6, 6.07) is -8.49. The quantitative estimate of drug-likeness (QED) is 0.0168. The number of nitrogens with one attached hydrogen (secondary N) is 7. The van der Waals surface area contributed by atoms with Gasteiger partial charge in [0.15, 0.2) is 5.96 Å². The van der Waals surface area contributed by atoms with E-state index in [4.69, 9.17) is 22.9 Å². The van der Waals surface area contributed by atoms with Crippen molar-refractivity contribution in [1.29, 1.82) is 0 Å². The van der Waals surface area contributed by atoms with Crippen LogP contribution in [0.5, 0.6) is 0 Å². The molecule has 302 valence electrons. The summed E-state index contributed by atoms with van der Waals surface area (Å²) in [5, 5.41) is 45.8. The van der Waals surface area contributed by atoms with Crippen molar-refractivity contribution in [1.82, 2.24) is 37.2 Å². The molecule has 0 fully saturated rings. The second kappa shape index (κ2) is 25.9. The average Bonchev–Trinajstić information content (AvgIpc) is 3.10. The van der Waals surface area contributed by atoms with Crippen LogP contribution in [0.3, 0.4) is 0 Å². The SMILES string of the molecule is C[C@H](NC(=O)[C@@H](N)[C@@H](C)O)C(=O)N[C@@H](CCCN=C(N)N)C(=O)N[C@@H](CCCCN)C(=O)N[C@@H](CO)C(=O)N[C@H](C(=O)NCC(=O)NCC=O)[C@@H](C)O. The molecule has 0 aliphatic rings. The van der Waals surface area contributed by atoms with Crippen molar-refractivity contribution in [2.45, 2.75) is 101 Å². The highest BCUT2D eigenvalue weighted by Crippen LogP contribution is 2.06. The van der Waals surface area contributed by atoms with Crippen LogP contribution >= 0.6 is 0 Å². The molecule has 0 radical (unpaired) electrons. The number of unbranched alkanes of at least 4 members (excludes halogenated alkanes) is 1. The first-order valence-corrected chi connectivity index (χ1v) is 16.9. The highest BCUT2D eigenvalue weighted by Gasteiger charge is 2.33. The maximum atomic E-state index is 13.5. The Labute approximate surface area is 306 Å². The zero-order chi connectivity index (χ0) is 40.7. The van der Waals surface area contributed by atoms with E-state index in [9.17, 15) is 53.7 Å². The first-order chi connectivity index (χ1) is 24.9. The Bertz CT molecular complexity index is 1260. The number of aliphatic hydroxyl groups excluding tert-OH is 3. The molecule has 0 saturated heterocycles. The molecule has 0 spiro atoms. The van der Waals surface area contributed by atoms with E-state index in [1.54, 1.807) is 0 Å². The molecule has 0 unspecified atom stereocenters. The van der Waals surface area contributed by atoms with Gasteiger partial charge in [-0.25, -0.2) is 0 Å². The lowest BCUT2D eigenvalue weighted by Crippen LogP contribution is -2.61. The van der Waals surface area contributed by atoms with Crippen molar-refractivity contribution in [2.24, 2.45) is 27.9 Å². The fraction of sp³-hybridized carbons (Fsp3) is 0.700. The Morgan fingerprint density at radius 1 is 0.698 bits per heavy atom. The summed E-state index contributed by atoms with van der Waals surface area (Å²) in [5.74, 6) is -6.44. The zero-order valence-electron chi connectivity index (χ0n) is 30.1. The van der Waals surface area contributed by atoms with Crippen LogP contribution in [0.15, 0.2) is 4.99 Å². The number of nitrogens with two attached hydrogens (primary N) is 4. The second-order valence-corrected chi connectivity index (χ2v) is 12.0. The molecule has 0 aromatic carbocycles. The monoisotopic (exact) mass is 760 g/mol. The summed E-state index contributed by atoms with van der Waals surface area (Å²) in [7, 11) is 0. The van der Waals surface area contributed by atoms with Crippen LogP contribution in [0.25, 0.3) is 0 Å². The number of aliphatic imine (C=N–C) groups is 1. The van der Waals surface area contributed by atoms with Crippen LogP contribution in [0.1, 0.15) is 52.9 Å². The minimum atomic E-state index is -1.69. The number of amides is 7. The summed E-state index contributed by atoms with van der Waals surface area (Å²) in [6.07, 6.45) is -1.39. The molecule has 0 rings (SSSR count). The lowest BCUT2D eigenvalue weighted by atomic mass is 10.1. The number of guanidine groups is 1. The van der Waals surface area contributed by atoms with Crippen LogP contribution in [0.2, 0.25) is 0 Å². The summed E-state index contributed by atoms with van der Waals surface area (Å²) in [4.78, 5) is 104. The van der Waals surface area contributed by atoms with Gasteiger partial charge in [0.25, 0.3) is 0 Å². The van der Waals surface area contributed by atoms with Crippen molar-refractivity contribution in [3.05, 3.63) is 0 Å². The van der Waals surface area contributed by atoms with Crippen molar-refractivity contribution < 1.29 is 53.7 Å². The molecule has 0 saturated carbocycles. The number of hydrogen-bond donors (Lipinski definition) is 14. The number of carbonyl (C=O) groups excluding carboxylic acids is 8. The molecule has 23 heteroatoms. The van der Waals surface area contributed by atoms with Gasteiger partial charge in [0.2, 0.25) is 41.4 Å². The molecule has 8 atom stereocenters.